The summed E-state index contributed by atoms with van der Waals surface area (Å²) in [6.45, 7) is 0.0590. The molecule has 0 atom stereocenters. The maximum atomic E-state index is 12.0. The van der Waals surface area contributed by atoms with E-state index in [1.165, 1.54) is 40.5 Å². The molecule has 0 unspecified atom stereocenters. The summed E-state index contributed by atoms with van der Waals surface area (Å²) in [5.74, 6) is -1.83. The highest BCUT2D eigenvalue weighted by Crippen LogP contribution is 2.11. The van der Waals surface area contributed by atoms with Crippen LogP contribution < -0.4 is 0 Å². The average Bonchev–Trinajstić information content (AvgIpc) is 3.12. The molecule has 0 N–H and O–H groups in total. The van der Waals surface area contributed by atoms with E-state index in [4.69, 9.17) is 10.00 Å². The van der Waals surface area contributed by atoms with Gasteiger partial charge in [-0.1, -0.05) is 12.1 Å². The number of nitriles is 1. The van der Waals surface area contributed by atoms with E-state index in [1.54, 1.807) is 13.1 Å². The minimum atomic E-state index is -3.50. The average molecular weight is 406 g/mol. The van der Waals surface area contributed by atoms with Crippen LogP contribution in [0.4, 0.5) is 0 Å². The van der Waals surface area contributed by atoms with Gasteiger partial charge in [-0.2, -0.15) is 16.6 Å². The Bertz CT molecular complexity index is 929. The lowest BCUT2D eigenvalue weighted by Gasteiger charge is -2.16. The van der Waals surface area contributed by atoms with Crippen LogP contribution in [-0.2, 0) is 31.7 Å². The molecule has 0 saturated carbocycles. The zero-order chi connectivity index (χ0) is 19.9. The van der Waals surface area contributed by atoms with E-state index >= 15 is 0 Å². The SMILES string of the molecule is CN(Cc1ccsc1)C(=O)COC(=O)c1ccc(CS(=O)(=O)CC#N)cc1. The molecule has 1 aromatic carbocycles. The molecule has 0 spiro atoms. The van der Waals surface area contributed by atoms with Gasteiger partial charge in [-0.15, -0.1) is 0 Å². The molecule has 0 aliphatic heterocycles. The Morgan fingerprint density at radius 1 is 1.19 bits per heavy atom. The van der Waals surface area contributed by atoms with Crippen LogP contribution in [0.2, 0.25) is 0 Å². The number of likely N-dealkylation sites (N-methyl/N-ethyl adjacent to an activating group) is 1. The third-order valence-electron chi connectivity index (χ3n) is 3.61. The van der Waals surface area contributed by atoms with Crippen molar-refractivity contribution < 1.29 is 22.7 Å². The minimum Gasteiger partial charge on any atom is -0.452 e. The van der Waals surface area contributed by atoms with Crippen LogP contribution in [0.25, 0.3) is 0 Å². The number of carbonyl (C=O) groups excluding carboxylic acids is 2. The topological polar surface area (TPSA) is 105 Å². The maximum absolute atomic E-state index is 12.0. The summed E-state index contributed by atoms with van der Waals surface area (Å²) in [6, 6.07) is 9.35. The van der Waals surface area contributed by atoms with Gasteiger partial charge in [0.1, 0.15) is 5.75 Å². The zero-order valence-electron chi connectivity index (χ0n) is 14.6. The quantitative estimate of drug-likeness (QED) is 0.621. The molecule has 142 valence electrons. The molecule has 1 amide bonds. The van der Waals surface area contributed by atoms with Crippen molar-refractivity contribution in [2.24, 2.45) is 0 Å². The van der Waals surface area contributed by atoms with Crippen LogP contribution in [0.15, 0.2) is 41.1 Å². The van der Waals surface area contributed by atoms with E-state index in [9.17, 15) is 18.0 Å². The summed E-state index contributed by atoms with van der Waals surface area (Å²) in [6.07, 6.45) is 0. The fourth-order valence-corrected chi connectivity index (χ4v) is 3.86. The minimum absolute atomic E-state index is 0.213. The van der Waals surface area contributed by atoms with Crippen LogP contribution in [0.5, 0.6) is 0 Å². The van der Waals surface area contributed by atoms with Crippen molar-refractivity contribution in [1.29, 1.82) is 5.26 Å². The maximum Gasteiger partial charge on any atom is 0.338 e. The molecule has 0 aliphatic carbocycles. The molecule has 2 rings (SSSR count). The smallest absolute Gasteiger partial charge is 0.338 e. The van der Waals surface area contributed by atoms with Crippen LogP contribution in [0.3, 0.4) is 0 Å². The van der Waals surface area contributed by atoms with Gasteiger partial charge in [0.05, 0.1) is 17.4 Å². The number of benzene rings is 1. The largest absolute Gasteiger partial charge is 0.452 e. The second-order valence-electron chi connectivity index (χ2n) is 5.84. The van der Waals surface area contributed by atoms with Crippen LogP contribution >= 0.6 is 11.3 Å². The first-order valence-corrected chi connectivity index (χ1v) is 10.7. The fourth-order valence-electron chi connectivity index (χ4n) is 2.21. The first-order valence-electron chi connectivity index (χ1n) is 7.89. The Balaban J connectivity index is 1.87. The Morgan fingerprint density at radius 3 is 2.48 bits per heavy atom. The number of ether oxygens (including phenoxy) is 1. The van der Waals surface area contributed by atoms with Crippen molar-refractivity contribution in [2.75, 3.05) is 19.4 Å². The van der Waals surface area contributed by atoms with Crippen LogP contribution in [0.1, 0.15) is 21.5 Å². The summed E-state index contributed by atoms with van der Waals surface area (Å²) in [7, 11) is -1.87. The molecule has 1 heterocycles. The molecule has 27 heavy (non-hydrogen) atoms. The van der Waals surface area contributed by atoms with Gasteiger partial charge in [-0.25, -0.2) is 13.2 Å². The number of esters is 1. The lowest BCUT2D eigenvalue weighted by molar-refractivity contribution is -0.133. The molecule has 1 aromatic heterocycles. The number of carbonyl (C=O) groups is 2. The molecular formula is C18H18N2O5S2. The lowest BCUT2D eigenvalue weighted by Crippen LogP contribution is -2.30. The highest BCUT2D eigenvalue weighted by Gasteiger charge is 2.15. The Labute approximate surface area is 161 Å². The number of amides is 1. The normalized spacial score (nSPS) is 10.8. The molecule has 0 aliphatic rings. The number of nitrogens with zero attached hydrogens (tertiary/aromatic N) is 2. The molecule has 0 fully saturated rings. The van der Waals surface area contributed by atoms with Gasteiger partial charge in [0.15, 0.2) is 16.4 Å². The van der Waals surface area contributed by atoms with Gasteiger partial charge < -0.3 is 9.64 Å². The van der Waals surface area contributed by atoms with Crippen molar-refractivity contribution in [1.82, 2.24) is 4.90 Å². The lowest BCUT2D eigenvalue weighted by atomic mass is 10.1. The monoisotopic (exact) mass is 406 g/mol. The van der Waals surface area contributed by atoms with Crippen molar-refractivity contribution in [3.05, 3.63) is 57.8 Å². The zero-order valence-corrected chi connectivity index (χ0v) is 16.3. The van der Waals surface area contributed by atoms with Gasteiger partial charge in [-0.05, 0) is 40.1 Å². The predicted molar refractivity (Wildman–Crippen MR) is 101 cm³/mol. The van der Waals surface area contributed by atoms with E-state index in [0.717, 1.165) is 5.56 Å². The molecule has 2 aromatic rings. The Hall–Kier alpha value is -2.70. The highest BCUT2D eigenvalue weighted by molar-refractivity contribution is 7.90. The second-order valence-corrected chi connectivity index (χ2v) is 8.69. The van der Waals surface area contributed by atoms with Crippen LogP contribution in [-0.4, -0.2) is 44.6 Å². The van der Waals surface area contributed by atoms with E-state index in [2.05, 4.69) is 0 Å². The number of hydrogen-bond donors (Lipinski definition) is 0. The standard InChI is InChI=1S/C18H18N2O5S2/c1-20(10-15-6-8-26-12-15)17(21)11-25-18(22)16-4-2-14(3-5-16)13-27(23,24)9-7-19/h2-6,8,12H,9-11,13H2,1H3. The van der Waals surface area contributed by atoms with E-state index in [-0.39, 0.29) is 23.8 Å². The second kappa shape index (κ2) is 9.30. The first-order chi connectivity index (χ1) is 12.8. The molecule has 0 bridgehead atoms. The van der Waals surface area contributed by atoms with Crippen molar-refractivity contribution >= 4 is 33.1 Å². The Kier molecular flexibility index (Phi) is 7.10. The van der Waals surface area contributed by atoms with Gasteiger partial charge in [0.25, 0.3) is 5.91 Å². The third kappa shape index (κ3) is 6.51. The predicted octanol–water partition coefficient (Wildman–Crippen LogP) is 2.00. The van der Waals surface area contributed by atoms with Crippen molar-refractivity contribution in [3.8, 4) is 6.07 Å². The molecule has 9 heteroatoms. The summed E-state index contributed by atoms with van der Waals surface area (Å²) in [4.78, 5) is 25.5. The number of thiophene rings is 1. The highest BCUT2D eigenvalue weighted by atomic mass is 32.2. The third-order valence-corrected chi connectivity index (χ3v) is 5.69. The van der Waals surface area contributed by atoms with Gasteiger partial charge in [0, 0.05) is 13.6 Å². The van der Waals surface area contributed by atoms with Gasteiger partial charge in [-0.3, -0.25) is 4.79 Å². The summed E-state index contributed by atoms with van der Waals surface area (Å²) < 4.78 is 28.3. The number of sulfone groups is 1. The van der Waals surface area contributed by atoms with Crippen LogP contribution in [0, 0.1) is 11.3 Å². The van der Waals surface area contributed by atoms with Crippen molar-refractivity contribution in [2.45, 2.75) is 12.3 Å². The molecule has 7 nitrogen and oxygen atoms in total. The first kappa shape index (κ1) is 20.6. The van der Waals surface area contributed by atoms with Crippen molar-refractivity contribution in [3.63, 3.8) is 0 Å². The van der Waals surface area contributed by atoms with E-state index in [1.807, 2.05) is 16.8 Å². The number of rotatable bonds is 8. The summed E-state index contributed by atoms with van der Waals surface area (Å²) in [5.41, 5.74) is 1.68. The fraction of sp³-hybridized carbons (Fsp3) is 0.278. The van der Waals surface area contributed by atoms with Gasteiger partial charge >= 0.3 is 5.97 Å². The van der Waals surface area contributed by atoms with Gasteiger partial charge in [0.2, 0.25) is 0 Å². The summed E-state index contributed by atoms with van der Waals surface area (Å²) >= 11 is 1.54. The number of hydrogen-bond acceptors (Lipinski definition) is 7. The Morgan fingerprint density at radius 2 is 1.89 bits per heavy atom. The molecule has 0 radical (unpaired) electrons. The molecular weight excluding hydrogens is 388 g/mol. The summed E-state index contributed by atoms with van der Waals surface area (Å²) in [5, 5.41) is 12.3. The van der Waals surface area contributed by atoms with E-state index in [0.29, 0.717) is 12.1 Å². The van der Waals surface area contributed by atoms with E-state index < -0.39 is 21.6 Å². The molecule has 0 saturated heterocycles.